The second-order valence-corrected chi connectivity index (χ2v) is 9.90. The summed E-state index contributed by atoms with van der Waals surface area (Å²) in [6.07, 6.45) is 1.76. The van der Waals surface area contributed by atoms with E-state index in [2.05, 4.69) is 25.5 Å². The number of nitrogens with one attached hydrogen (secondary N) is 2. The van der Waals surface area contributed by atoms with E-state index in [9.17, 15) is 9.59 Å². The zero-order valence-corrected chi connectivity index (χ0v) is 22.0. The van der Waals surface area contributed by atoms with Gasteiger partial charge in [0, 0.05) is 38.8 Å². The lowest BCUT2D eigenvalue weighted by Gasteiger charge is -2.39. The Morgan fingerprint density at radius 2 is 1.63 bits per heavy atom. The molecule has 2 aromatic carbocycles. The van der Waals surface area contributed by atoms with Crippen molar-refractivity contribution in [2.45, 2.75) is 32.5 Å². The molecular weight excluding hydrogens is 478 g/mol. The van der Waals surface area contributed by atoms with Gasteiger partial charge in [-0.05, 0) is 37.1 Å². The molecule has 38 heavy (non-hydrogen) atoms. The van der Waals surface area contributed by atoms with Crippen molar-refractivity contribution >= 4 is 23.4 Å². The normalized spacial score (nSPS) is 17.2. The molecule has 1 atom stereocenters. The first kappa shape index (κ1) is 25.7. The van der Waals surface area contributed by atoms with E-state index >= 15 is 0 Å². The van der Waals surface area contributed by atoms with Crippen LogP contribution < -0.4 is 20.5 Å². The standard InChI is InChI=1S/C29H35N7O2/c1-22(2)36-29(38)35(21-32-36)25-13-14-26(30-20-25)33-15-17-34(18-16-33)27(24-11-7-4-8-12-24)28(37)31-19-23-9-5-3-6-10-23/h3-14,20,22,27,32H,15-19,21H2,1-2H3,(H,31,37). The lowest BCUT2D eigenvalue weighted by molar-refractivity contribution is -0.127. The Kier molecular flexibility index (Phi) is 7.86. The molecule has 9 heteroatoms. The summed E-state index contributed by atoms with van der Waals surface area (Å²) in [5.41, 5.74) is 5.97. The first-order chi connectivity index (χ1) is 18.5. The van der Waals surface area contributed by atoms with Crippen molar-refractivity contribution in [3.63, 3.8) is 0 Å². The van der Waals surface area contributed by atoms with Crippen LogP contribution in [0.1, 0.15) is 31.0 Å². The maximum atomic E-state index is 13.4. The molecule has 3 amide bonds. The number of hydrogen-bond acceptors (Lipinski definition) is 6. The zero-order chi connectivity index (χ0) is 26.5. The van der Waals surface area contributed by atoms with Gasteiger partial charge in [0.1, 0.15) is 11.9 Å². The quantitative estimate of drug-likeness (QED) is 0.481. The summed E-state index contributed by atoms with van der Waals surface area (Å²) in [4.78, 5) is 36.9. The van der Waals surface area contributed by atoms with Gasteiger partial charge < -0.3 is 10.2 Å². The number of rotatable bonds is 8. The molecule has 0 saturated carbocycles. The first-order valence-electron chi connectivity index (χ1n) is 13.2. The Balaban J connectivity index is 1.22. The van der Waals surface area contributed by atoms with Gasteiger partial charge in [-0.15, -0.1) is 0 Å². The van der Waals surface area contributed by atoms with E-state index in [-0.39, 0.29) is 24.0 Å². The number of piperazine rings is 1. The average Bonchev–Trinajstić information content (AvgIpc) is 3.35. The molecule has 3 aromatic rings. The smallest absolute Gasteiger partial charge is 0.340 e. The average molecular weight is 514 g/mol. The summed E-state index contributed by atoms with van der Waals surface area (Å²) in [6.45, 7) is 7.88. The fourth-order valence-electron chi connectivity index (χ4n) is 5.00. The van der Waals surface area contributed by atoms with Crippen molar-refractivity contribution in [3.05, 3.63) is 90.1 Å². The van der Waals surface area contributed by atoms with Crippen molar-refractivity contribution in [3.8, 4) is 0 Å². The molecule has 3 heterocycles. The molecule has 2 aliphatic rings. The summed E-state index contributed by atoms with van der Waals surface area (Å²) < 4.78 is 0. The fourth-order valence-corrected chi connectivity index (χ4v) is 5.00. The van der Waals surface area contributed by atoms with Crippen molar-refractivity contribution in [2.24, 2.45) is 0 Å². The summed E-state index contributed by atoms with van der Waals surface area (Å²) in [5.74, 6) is 0.883. The number of pyridine rings is 1. The summed E-state index contributed by atoms with van der Waals surface area (Å²) in [6, 6.07) is 23.5. The Labute approximate surface area is 224 Å². The molecule has 1 unspecified atom stereocenters. The lowest BCUT2D eigenvalue weighted by atomic mass is 10.0. The number of carbonyl (C=O) groups is 2. The van der Waals surface area contributed by atoms with Gasteiger partial charge in [0.25, 0.3) is 0 Å². The lowest BCUT2D eigenvalue weighted by Crippen LogP contribution is -2.51. The number of urea groups is 1. The van der Waals surface area contributed by atoms with E-state index in [4.69, 9.17) is 0 Å². The second-order valence-electron chi connectivity index (χ2n) is 9.90. The highest BCUT2D eigenvalue weighted by molar-refractivity contribution is 5.93. The van der Waals surface area contributed by atoms with Crippen LogP contribution >= 0.6 is 0 Å². The van der Waals surface area contributed by atoms with Crippen LogP contribution in [0, 0.1) is 0 Å². The van der Waals surface area contributed by atoms with E-state index in [1.807, 2.05) is 86.6 Å². The number of hydrogen-bond donors (Lipinski definition) is 2. The number of amides is 3. The van der Waals surface area contributed by atoms with Crippen LogP contribution in [0.4, 0.5) is 16.3 Å². The van der Waals surface area contributed by atoms with E-state index in [0.29, 0.717) is 13.2 Å². The molecule has 0 spiro atoms. The zero-order valence-electron chi connectivity index (χ0n) is 22.0. The van der Waals surface area contributed by atoms with Gasteiger partial charge in [-0.2, -0.15) is 0 Å². The van der Waals surface area contributed by atoms with Crippen molar-refractivity contribution < 1.29 is 9.59 Å². The molecule has 0 radical (unpaired) electrons. The molecule has 198 valence electrons. The molecule has 2 fully saturated rings. The maximum absolute atomic E-state index is 13.4. The van der Waals surface area contributed by atoms with Crippen molar-refractivity contribution in [1.29, 1.82) is 0 Å². The molecule has 1 aromatic heterocycles. The van der Waals surface area contributed by atoms with Crippen LogP contribution in [0.3, 0.4) is 0 Å². The number of hydrazine groups is 1. The van der Waals surface area contributed by atoms with Gasteiger partial charge in [-0.25, -0.2) is 15.2 Å². The predicted octanol–water partition coefficient (Wildman–Crippen LogP) is 3.37. The number of aromatic nitrogens is 1. The predicted molar refractivity (Wildman–Crippen MR) is 148 cm³/mol. The number of anilines is 2. The third-order valence-corrected chi connectivity index (χ3v) is 7.07. The monoisotopic (exact) mass is 513 g/mol. The Morgan fingerprint density at radius 3 is 2.24 bits per heavy atom. The topological polar surface area (TPSA) is 84.1 Å². The van der Waals surface area contributed by atoms with E-state index in [0.717, 1.165) is 48.8 Å². The molecule has 0 aliphatic carbocycles. The van der Waals surface area contributed by atoms with Gasteiger partial charge in [0.2, 0.25) is 5.91 Å². The summed E-state index contributed by atoms with van der Waals surface area (Å²) in [5, 5.41) is 4.77. The minimum absolute atomic E-state index is 0.00955. The number of carbonyl (C=O) groups excluding carboxylic acids is 2. The SMILES string of the molecule is CC(C)N1NCN(c2ccc(N3CCN(C(C(=O)NCc4ccccc4)c4ccccc4)CC3)nc2)C1=O. The Hall–Kier alpha value is -3.95. The maximum Gasteiger partial charge on any atom is 0.340 e. The van der Waals surface area contributed by atoms with E-state index in [1.165, 1.54) is 0 Å². The third kappa shape index (κ3) is 5.64. The number of nitrogens with zero attached hydrogens (tertiary/aromatic N) is 5. The van der Waals surface area contributed by atoms with Crippen LogP contribution in [0.15, 0.2) is 79.0 Å². The van der Waals surface area contributed by atoms with Crippen molar-refractivity contribution in [2.75, 3.05) is 42.6 Å². The van der Waals surface area contributed by atoms with E-state index < -0.39 is 0 Å². The molecule has 9 nitrogen and oxygen atoms in total. The summed E-state index contributed by atoms with van der Waals surface area (Å²) >= 11 is 0. The number of benzene rings is 2. The van der Waals surface area contributed by atoms with Crippen LogP contribution in [-0.4, -0.2) is 65.7 Å². The van der Waals surface area contributed by atoms with Gasteiger partial charge in [-0.1, -0.05) is 60.7 Å². The second kappa shape index (κ2) is 11.6. The fraction of sp³-hybridized carbons (Fsp3) is 0.345. The third-order valence-electron chi connectivity index (χ3n) is 7.07. The Morgan fingerprint density at radius 1 is 0.947 bits per heavy atom. The largest absolute Gasteiger partial charge is 0.354 e. The van der Waals surface area contributed by atoms with Gasteiger partial charge in [0.05, 0.1) is 18.6 Å². The minimum atomic E-state index is -0.352. The van der Waals surface area contributed by atoms with Gasteiger partial charge in [-0.3, -0.25) is 19.6 Å². The van der Waals surface area contributed by atoms with Gasteiger partial charge in [0.15, 0.2) is 0 Å². The van der Waals surface area contributed by atoms with Crippen LogP contribution in [0.25, 0.3) is 0 Å². The van der Waals surface area contributed by atoms with E-state index in [1.54, 1.807) is 16.1 Å². The Bertz CT molecular complexity index is 1210. The molecule has 0 bridgehead atoms. The van der Waals surface area contributed by atoms with Crippen LogP contribution in [0.2, 0.25) is 0 Å². The van der Waals surface area contributed by atoms with Crippen LogP contribution in [-0.2, 0) is 11.3 Å². The van der Waals surface area contributed by atoms with Crippen LogP contribution in [0.5, 0.6) is 0 Å². The highest BCUT2D eigenvalue weighted by Gasteiger charge is 2.32. The highest BCUT2D eigenvalue weighted by Crippen LogP contribution is 2.26. The summed E-state index contributed by atoms with van der Waals surface area (Å²) in [7, 11) is 0. The minimum Gasteiger partial charge on any atom is -0.354 e. The molecular formula is C29H35N7O2. The molecule has 2 saturated heterocycles. The van der Waals surface area contributed by atoms with Gasteiger partial charge >= 0.3 is 6.03 Å². The van der Waals surface area contributed by atoms with Crippen molar-refractivity contribution in [1.82, 2.24) is 25.6 Å². The molecule has 2 aliphatic heterocycles. The molecule has 2 N–H and O–H groups in total. The first-order valence-corrected chi connectivity index (χ1v) is 13.2. The highest BCUT2D eigenvalue weighted by atomic mass is 16.2. The molecule has 5 rings (SSSR count).